The van der Waals surface area contributed by atoms with E-state index in [4.69, 9.17) is 32.7 Å². The van der Waals surface area contributed by atoms with Gasteiger partial charge in [0.25, 0.3) is 11.8 Å². The third-order valence-electron chi connectivity index (χ3n) is 6.97. The van der Waals surface area contributed by atoms with Crippen LogP contribution in [0.5, 0.6) is 0 Å². The Balaban J connectivity index is 1.26. The Morgan fingerprint density at radius 2 is 1.51 bits per heavy atom. The van der Waals surface area contributed by atoms with Crippen molar-refractivity contribution in [1.82, 2.24) is 9.55 Å². The van der Waals surface area contributed by atoms with E-state index in [-0.39, 0.29) is 35.8 Å². The Morgan fingerprint density at radius 3 is 2.10 bits per heavy atom. The number of hydrogen-bond acceptors (Lipinski definition) is 6. The number of benzene rings is 3. The Bertz CT molecular complexity index is 1500. The highest BCUT2D eigenvalue weighted by Gasteiger charge is 2.37. The number of hydrogen-bond donors (Lipinski definition) is 1. The van der Waals surface area contributed by atoms with Gasteiger partial charge >= 0.3 is 0 Å². The predicted octanol–water partition coefficient (Wildman–Crippen LogP) is 5.73. The van der Waals surface area contributed by atoms with Crippen LogP contribution in [-0.4, -0.2) is 32.6 Å². The van der Waals surface area contributed by atoms with Crippen LogP contribution in [0.15, 0.2) is 79.1 Å². The molecule has 0 aliphatic carbocycles. The maximum absolute atomic E-state index is 12.9. The molecule has 1 aromatic heterocycles. The normalized spacial score (nSPS) is 20.9. The SMILES string of the molecule is O=C1c2ccccc2C(=O)N1c1ccc(C2OC(Cn3cnc(Cl)c3Cl)CC(c3ccc(CO)cc3)O2)cc1. The number of imidazole rings is 1. The summed E-state index contributed by atoms with van der Waals surface area (Å²) in [6, 6.07) is 21.4. The first-order valence-corrected chi connectivity index (χ1v) is 13.1. The van der Waals surface area contributed by atoms with Crippen LogP contribution in [0, 0.1) is 0 Å². The number of carbonyl (C=O) groups is 2. The van der Waals surface area contributed by atoms with Gasteiger partial charge in [-0.05, 0) is 35.4 Å². The van der Waals surface area contributed by atoms with Crippen molar-refractivity contribution in [2.24, 2.45) is 0 Å². The molecular formula is C29H23Cl2N3O5. The average molecular weight is 564 g/mol. The fourth-order valence-electron chi connectivity index (χ4n) is 4.93. The van der Waals surface area contributed by atoms with Crippen LogP contribution < -0.4 is 4.90 Å². The zero-order valence-electron chi connectivity index (χ0n) is 20.5. The number of carbonyl (C=O) groups excluding carboxylic acids is 2. The summed E-state index contributed by atoms with van der Waals surface area (Å²) >= 11 is 12.3. The lowest BCUT2D eigenvalue weighted by molar-refractivity contribution is -0.252. The van der Waals surface area contributed by atoms with Crippen molar-refractivity contribution in [2.45, 2.75) is 38.1 Å². The van der Waals surface area contributed by atoms with E-state index in [0.29, 0.717) is 34.9 Å². The van der Waals surface area contributed by atoms with Gasteiger partial charge in [0, 0.05) is 12.0 Å². The van der Waals surface area contributed by atoms with E-state index in [1.165, 1.54) is 4.90 Å². The van der Waals surface area contributed by atoms with Crippen molar-refractivity contribution < 1.29 is 24.2 Å². The lowest BCUT2D eigenvalue weighted by atomic mass is 10.00. The number of amides is 2. The average Bonchev–Trinajstić information content (AvgIpc) is 3.42. The number of aliphatic hydroxyl groups excluding tert-OH is 1. The van der Waals surface area contributed by atoms with E-state index in [1.807, 2.05) is 24.3 Å². The molecule has 2 aliphatic heterocycles. The van der Waals surface area contributed by atoms with Gasteiger partial charge in [0.1, 0.15) is 5.15 Å². The molecule has 39 heavy (non-hydrogen) atoms. The molecule has 1 saturated heterocycles. The molecule has 198 valence electrons. The molecule has 3 unspecified atom stereocenters. The first-order chi connectivity index (χ1) is 18.9. The molecule has 1 N–H and O–H groups in total. The zero-order valence-corrected chi connectivity index (χ0v) is 22.0. The summed E-state index contributed by atoms with van der Waals surface area (Å²) < 4.78 is 14.4. The topological polar surface area (TPSA) is 93.9 Å². The van der Waals surface area contributed by atoms with Gasteiger partial charge in [-0.25, -0.2) is 9.88 Å². The molecule has 2 aliphatic rings. The molecule has 2 amide bonds. The van der Waals surface area contributed by atoms with E-state index in [0.717, 1.165) is 16.7 Å². The number of anilines is 1. The van der Waals surface area contributed by atoms with E-state index in [1.54, 1.807) is 59.4 Å². The predicted molar refractivity (Wildman–Crippen MR) is 145 cm³/mol. The van der Waals surface area contributed by atoms with E-state index in [9.17, 15) is 14.7 Å². The third-order valence-corrected chi connectivity index (χ3v) is 7.74. The summed E-state index contributed by atoms with van der Waals surface area (Å²) in [4.78, 5) is 31.0. The van der Waals surface area contributed by atoms with Crippen molar-refractivity contribution in [3.05, 3.63) is 117 Å². The van der Waals surface area contributed by atoms with Crippen LogP contribution in [0.25, 0.3) is 0 Å². The molecule has 0 radical (unpaired) electrons. The number of rotatable bonds is 6. The molecule has 0 saturated carbocycles. The molecule has 10 heteroatoms. The second-order valence-corrected chi connectivity index (χ2v) is 10.1. The molecular weight excluding hydrogens is 541 g/mol. The molecule has 3 aromatic carbocycles. The Labute approximate surface area is 234 Å². The molecule has 3 heterocycles. The van der Waals surface area contributed by atoms with Gasteiger partial charge < -0.3 is 19.1 Å². The largest absolute Gasteiger partial charge is 0.392 e. The minimum Gasteiger partial charge on any atom is -0.392 e. The van der Waals surface area contributed by atoms with Crippen molar-refractivity contribution in [1.29, 1.82) is 0 Å². The molecule has 8 nitrogen and oxygen atoms in total. The van der Waals surface area contributed by atoms with Gasteiger partial charge in [0.15, 0.2) is 11.4 Å². The van der Waals surface area contributed by atoms with E-state index >= 15 is 0 Å². The zero-order chi connectivity index (χ0) is 27.1. The maximum atomic E-state index is 12.9. The Morgan fingerprint density at radius 1 is 0.872 bits per heavy atom. The smallest absolute Gasteiger partial charge is 0.266 e. The summed E-state index contributed by atoms with van der Waals surface area (Å²) in [5.74, 6) is -0.702. The number of aromatic nitrogens is 2. The van der Waals surface area contributed by atoms with Gasteiger partial charge in [-0.1, -0.05) is 71.7 Å². The maximum Gasteiger partial charge on any atom is 0.266 e. The lowest BCUT2D eigenvalue weighted by Gasteiger charge is -2.36. The highest BCUT2D eigenvalue weighted by molar-refractivity contribution is 6.40. The van der Waals surface area contributed by atoms with E-state index in [2.05, 4.69) is 4.98 Å². The van der Waals surface area contributed by atoms with Crippen LogP contribution in [0.3, 0.4) is 0 Å². The van der Waals surface area contributed by atoms with Crippen molar-refractivity contribution in [3.63, 3.8) is 0 Å². The Hall–Kier alpha value is -3.53. The summed E-state index contributed by atoms with van der Waals surface area (Å²) in [6.07, 6.45) is 0.814. The van der Waals surface area contributed by atoms with Crippen molar-refractivity contribution >= 4 is 40.7 Å². The highest BCUT2D eigenvalue weighted by Crippen LogP contribution is 2.39. The van der Waals surface area contributed by atoms with Gasteiger partial charge in [0.2, 0.25) is 0 Å². The molecule has 0 spiro atoms. The number of nitrogens with zero attached hydrogens (tertiary/aromatic N) is 3. The van der Waals surface area contributed by atoms with Crippen LogP contribution in [0.2, 0.25) is 10.3 Å². The molecule has 3 atom stereocenters. The second-order valence-electron chi connectivity index (χ2n) is 9.41. The number of halogens is 2. The summed E-state index contributed by atoms with van der Waals surface area (Å²) in [7, 11) is 0. The van der Waals surface area contributed by atoms with Crippen LogP contribution in [0.4, 0.5) is 5.69 Å². The van der Waals surface area contributed by atoms with Crippen LogP contribution in [0.1, 0.15) is 56.2 Å². The standard InChI is InChI=1S/C29H23Cl2N3O5/c30-25-26(31)33(16-32-25)14-21-13-24(18-7-5-17(15-35)6-8-18)39-29(38-21)19-9-11-20(12-10-19)34-27(36)22-3-1-2-4-23(22)28(34)37/h1-12,16,21,24,29,35H,13-15H2. The monoisotopic (exact) mass is 563 g/mol. The fourth-order valence-corrected chi connectivity index (χ4v) is 5.24. The Kier molecular flexibility index (Phi) is 6.97. The number of fused-ring (bicyclic) bond motifs is 1. The summed E-state index contributed by atoms with van der Waals surface area (Å²) in [5.41, 5.74) is 3.73. The molecule has 6 rings (SSSR count). The minimum absolute atomic E-state index is 0.0422. The summed E-state index contributed by atoms with van der Waals surface area (Å²) in [5, 5.41) is 9.97. The van der Waals surface area contributed by atoms with Crippen LogP contribution in [-0.2, 0) is 22.6 Å². The van der Waals surface area contributed by atoms with Crippen molar-refractivity contribution in [2.75, 3.05) is 4.90 Å². The number of ether oxygens (including phenoxy) is 2. The number of aliphatic hydroxyl groups is 1. The van der Waals surface area contributed by atoms with Gasteiger partial charge in [-0.3, -0.25) is 9.59 Å². The molecule has 1 fully saturated rings. The fraction of sp³-hybridized carbons (Fsp3) is 0.207. The first-order valence-electron chi connectivity index (χ1n) is 12.4. The van der Waals surface area contributed by atoms with Gasteiger partial charge in [-0.15, -0.1) is 0 Å². The lowest BCUT2D eigenvalue weighted by Crippen LogP contribution is -2.32. The van der Waals surface area contributed by atoms with Crippen LogP contribution >= 0.6 is 23.2 Å². The van der Waals surface area contributed by atoms with Crippen molar-refractivity contribution in [3.8, 4) is 0 Å². The number of imide groups is 1. The summed E-state index contributed by atoms with van der Waals surface area (Å²) in [6.45, 7) is 0.371. The molecule has 4 aromatic rings. The van der Waals surface area contributed by atoms with Gasteiger partial charge in [-0.2, -0.15) is 0 Å². The molecule has 0 bridgehead atoms. The third kappa shape index (κ3) is 4.86. The minimum atomic E-state index is -0.722. The highest BCUT2D eigenvalue weighted by atomic mass is 35.5. The van der Waals surface area contributed by atoms with E-state index < -0.39 is 6.29 Å². The van der Waals surface area contributed by atoms with Gasteiger partial charge in [0.05, 0.1) is 48.5 Å². The second kappa shape index (κ2) is 10.6. The first kappa shape index (κ1) is 25.7. The quantitative estimate of drug-likeness (QED) is 0.301.